The van der Waals surface area contributed by atoms with E-state index >= 15 is 0 Å². The highest BCUT2D eigenvalue weighted by Gasteiger charge is 2.11. The first-order valence-corrected chi connectivity index (χ1v) is 6.27. The van der Waals surface area contributed by atoms with Crippen molar-refractivity contribution < 1.29 is 9.90 Å². The number of carboxylic acid groups (broad SMARTS) is 1. The summed E-state index contributed by atoms with van der Waals surface area (Å²) in [6.07, 6.45) is 0.111. The van der Waals surface area contributed by atoms with Crippen LogP contribution in [0.5, 0.6) is 0 Å². The van der Waals surface area contributed by atoms with Crippen LogP contribution in [0.25, 0.3) is 0 Å². The highest BCUT2D eigenvalue weighted by molar-refractivity contribution is 9.10. The van der Waals surface area contributed by atoms with Crippen LogP contribution < -0.4 is 10.6 Å². The number of carbonyl (C=O) groups is 1. The third kappa shape index (κ3) is 4.36. The molecule has 0 saturated carbocycles. The van der Waals surface area contributed by atoms with Crippen molar-refractivity contribution in [2.45, 2.75) is 13.3 Å². The summed E-state index contributed by atoms with van der Waals surface area (Å²) in [6, 6.07) is 6.00. The van der Waals surface area contributed by atoms with Crippen LogP contribution in [0.3, 0.4) is 0 Å². The molecule has 0 heterocycles. The van der Waals surface area contributed by atoms with E-state index in [1.54, 1.807) is 0 Å². The topological polar surface area (TPSA) is 66.6 Å². The lowest BCUT2D eigenvalue weighted by Gasteiger charge is -2.25. The Morgan fingerprint density at radius 2 is 2.18 bits per heavy atom. The van der Waals surface area contributed by atoms with Crippen LogP contribution in [0.1, 0.15) is 12.0 Å². The Kier molecular flexibility index (Phi) is 5.44. The fraction of sp³-hybridized carbons (Fsp3) is 0.417. The van der Waals surface area contributed by atoms with E-state index in [1.807, 2.05) is 30.0 Å². The Balaban J connectivity index is 2.84. The number of benzene rings is 1. The van der Waals surface area contributed by atoms with Gasteiger partial charge in [-0.15, -0.1) is 0 Å². The van der Waals surface area contributed by atoms with E-state index in [9.17, 15) is 4.79 Å². The summed E-state index contributed by atoms with van der Waals surface area (Å²) >= 11 is 3.49. The van der Waals surface area contributed by atoms with Gasteiger partial charge in [-0.2, -0.15) is 0 Å². The summed E-state index contributed by atoms with van der Waals surface area (Å²) < 4.78 is 0.969. The minimum Gasteiger partial charge on any atom is -0.481 e. The molecule has 94 valence electrons. The number of nitrogens with zero attached hydrogens (tertiary/aromatic N) is 1. The Morgan fingerprint density at radius 3 is 2.71 bits per heavy atom. The number of anilines is 1. The lowest BCUT2D eigenvalue weighted by atomic mass is 10.2. The molecular weight excluding hydrogens is 284 g/mol. The van der Waals surface area contributed by atoms with Crippen molar-refractivity contribution in [2.24, 2.45) is 5.73 Å². The first kappa shape index (κ1) is 14.0. The molecular formula is C12H17BrN2O2. The molecule has 0 radical (unpaired) electrons. The van der Waals surface area contributed by atoms with Gasteiger partial charge in [0.1, 0.15) is 0 Å². The minimum atomic E-state index is -0.796. The highest BCUT2D eigenvalue weighted by Crippen LogP contribution is 2.27. The molecule has 0 unspecified atom stereocenters. The van der Waals surface area contributed by atoms with E-state index in [0.717, 1.165) is 15.7 Å². The molecule has 0 aromatic heterocycles. The molecule has 3 N–H and O–H groups in total. The lowest BCUT2D eigenvalue weighted by molar-refractivity contribution is -0.136. The second-order valence-corrected chi connectivity index (χ2v) is 4.73. The van der Waals surface area contributed by atoms with Gasteiger partial charge in [-0.25, -0.2) is 0 Å². The summed E-state index contributed by atoms with van der Waals surface area (Å²) in [4.78, 5) is 12.6. The first-order chi connectivity index (χ1) is 8.04. The van der Waals surface area contributed by atoms with Gasteiger partial charge >= 0.3 is 5.97 Å². The molecule has 0 spiro atoms. The molecule has 0 saturated heterocycles. The molecule has 0 amide bonds. The van der Waals surface area contributed by atoms with Gasteiger partial charge < -0.3 is 15.7 Å². The number of hydrogen-bond donors (Lipinski definition) is 2. The maximum Gasteiger partial charge on any atom is 0.305 e. The van der Waals surface area contributed by atoms with Gasteiger partial charge in [-0.1, -0.05) is 6.07 Å². The molecule has 5 heteroatoms. The van der Waals surface area contributed by atoms with Gasteiger partial charge in [0.25, 0.3) is 0 Å². The standard InChI is InChI=1S/C12H17BrN2O2/c1-9-2-3-11(10(13)8-9)15(7-5-14)6-4-12(16)17/h2-3,8H,4-7,14H2,1H3,(H,16,17). The molecule has 1 rings (SSSR count). The number of halogens is 1. The van der Waals surface area contributed by atoms with E-state index in [0.29, 0.717) is 19.6 Å². The molecule has 17 heavy (non-hydrogen) atoms. The first-order valence-electron chi connectivity index (χ1n) is 5.47. The number of carboxylic acids is 1. The molecule has 0 aliphatic carbocycles. The predicted molar refractivity (Wildman–Crippen MR) is 72.4 cm³/mol. The Labute approximate surface area is 110 Å². The zero-order chi connectivity index (χ0) is 12.8. The Morgan fingerprint density at radius 1 is 1.47 bits per heavy atom. The zero-order valence-electron chi connectivity index (χ0n) is 9.82. The molecule has 0 fully saturated rings. The third-order valence-corrected chi connectivity index (χ3v) is 3.07. The normalized spacial score (nSPS) is 10.3. The summed E-state index contributed by atoms with van der Waals surface area (Å²) in [5.41, 5.74) is 7.70. The molecule has 0 aliphatic rings. The van der Waals surface area contributed by atoms with Crippen molar-refractivity contribution in [1.82, 2.24) is 0 Å². The summed E-state index contributed by atoms with van der Waals surface area (Å²) in [5, 5.41) is 8.72. The van der Waals surface area contributed by atoms with Crippen LogP contribution in [0.4, 0.5) is 5.69 Å². The van der Waals surface area contributed by atoms with E-state index in [2.05, 4.69) is 15.9 Å². The molecule has 0 aliphatic heterocycles. The number of rotatable bonds is 6. The van der Waals surface area contributed by atoms with Crippen molar-refractivity contribution in [1.29, 1.82) is 0 Å². The minimum absolute atomic E-state index is 0.111. The number of nitrogens with two attached hydrogens (primary N) is 1. The second kappa shape index (κ2) is 6.61. The van der Waals surface area contributed by atoms with Crippen LogP contribution in [0.2, 0.25) is 0 Å². The van der Waals surface area contributed by atoms with Crippen molar-refractivity contribution in [3.8, 4) is 0 Å². The van der Waals surface area contributed by atoms with Gasteiger partial charge in [0.15, 0.2) is 0 Å². The van der Waals surface area contributed by atoms with Crippen LogP contribution in [-0.2, 0) is 4.79 Å². The second-order valence-electron chi connectivity index (χ2n) is 3.87. The smallest absolute Gasteiger partial charge is 0.305 e. The average Bonchev–Trinajstić information content (AvgIpc) is 2.24. The fourth-order valence-corrected chi connectivity index (χ4v) is 2.35. The largest absolute Gasteiger partial charge is 0.481 e. The van der Waals surface area contributed by atoms with Gasteiger partial charge in [0.05, 0.1) is 12.1 Å². The van der Waals surface area contributed by atoms with Crippen molar-refractivity contribution in [2.75, 3.05) is 24.5 Å². The quantitative estimate of drug-likeness (QED) is 0.843. The summed E-state index contributed by atoms with van der Waals surface area (Å²) in [5.74, 6) is -0.796. The predicted octanol–water partition coefficient (Wildman–Crippen LogP) is 2.00. The third-order valence-electron chi connectivity index (χ3n) is 2.44. The van der Waals surface area contributed by atoms with E-state index < -0.39 is 5.97 Å². The van der Waals surface area contributed by atoms with Crippen molar-refractivity contribution in [3.63, 3.8) is 0 Å². The average molecular weight is 301 g/mol. The molecule has 4 nitrogen and oxygen atoms in total. The van der Waals surface area contributed by atoms with Crippen LogP contribution >= 0.6 is 15.9 Å². The maximum absolute atomic E-state index is 10.6. The SMILES string of the molecule is Cc1ccc(N(CCN)CCC(=O)O)c(Br)c1. The summed E-state index contributed by atoms with van der Waals surface area (Å²) in [6.45, 7) is 3.63. The Hall–Kier alpha value is -1.07. The fourth-order valence-electron chi connectivity index (χ4n) is 1.61. The van der Waals surface area contributed by atoms with E-state index in [4.69, 9.17) is 10.8 Å². The number of hydrogen-bond acceptors (Lipinski definition) is 3. The maximum atomic E-state index is 10.6. The Bertz CT molecular complexity index is 396. The van der Waals surface area contributed by atoms with Crippen LogP contribution in [0.15, 0.2) is 22.7 Å². The highest BCUT2D eigenvalue weighted by atomic mass is 79.9. The van der Waals surface area contributed by atoms with Gasteiger partial charge in [-0.05, 0) is 40.5 Å². The summed E-state index contributed by atoms with van der Waals surface area (Å²) in [7, 11) is 0. The molecule has 0 bridgehead atoms. The molecule has 1 aromatic carbocycles. The number of aliphatic carboxylic acids is 1. The molecule has 1 aromatic rings. The van der Waals surface area contributed by atoms with Crippen LogP contribution in [0, 0.1) is 6.92 Å². The van der Waals surface area contributed by atoms with Gasteiger partial charge in [-0.3, -0.25) is 4.79 Å². The van der Waals surface area contributed by atoms with Crippen molar-refractivity contribution in [3.05, 3.63) is 28.2 Å². The van der Waals surface area contributed by atoms with Gasteiger partial charge in [0.2, 0.25) is 0 Å². The van der Waals surface area contributed by atoms with E-state index in [1.165, 1.54) is 0 Å². The monoisotopic (exact) mass is 300 g/mol. The lowest BCUT2D eigenvalue weighted by Crippen LogP contribution is -2.31. The van der Waals surface area contributed by atoms with Gasteiger partial charge in [0, 0.05) is 24.1 Å². The van der Waals surface area contributed by atoms with E-state index in [-0.39, 0.29) is 6.42 Å². The molecule has 0 atom stereocenters. The zero-order valence-corrected chi connectivity index (χ0v) is 11.4. The number of aryl methyl sites for hydroxylation is 1. The van der Waals surface area contributed by atoms with Crippen LogP contribution in [-0.4, -0.2) is 30.7 Å². The van der Waals surface area contributed by atoms with Crippen molar-refractivity contribution >= 4 is 27.6 Å².